The van der Waals surface area contributed by atoms with E-state index < -0.39 is 0 Å². The van der Waals surface area contributed by atoms with Crippen LogP contribution in [0.25, 0.3) is 6.08 Å². The molecule has 0 saturated carbocycles. The Labute approximate surface area is 137 Å². The molecule has 0 unspecified atom stereocenters. The summed E-state index contributed by atoms with van der Waals surface area (Å²) in [6.45, 7) is 2.58. The van der Waals surface area contributed by atoms with Crippen LogP contribution in [0.2, 0.25) is 0 Å². The number of thioether (sulfide) groups is 1. The first-order valence-electron chi connectivity index (χ1n) is 6.48. The van der Waals surface area contributed by atoms with Gasteiger partial charge in [0.15, 0.2) is 0 Å². The summed E-state index contributed by atoms with van der Waals surface area (Å²) in [6, 6.07) is 12.2. The van der Waals surface area contributed by atoms with Crippen molar-refractivity contribution in [1.82, 2.24) is 4.90 Å². The Kier molecular flexibility index (Phi) is 4.24. The number of nitrogens with zero attached hydrogens (tertiary/aromatic N) is 1. The summed E-state index contributed by atoms with van der Waals surface area (Å²) in [6.07, 6.45) is 1.92. The highest BCUT2D eigenvalue weighted by Gasteiger charge is 2.31. The van der Waals surface area contributed by atoms with Crippen LogP contribution >= 0.6 is 35.3 Å². The van der Waals surface area contributed by atoms with E-state index in [2.05, 4.69) is 12.1 Å². The van der Waals surface area contributed by atoms with Crippen molar-refractivity contribution >= 4 is 51.6 Å². The molecule has 2 heterocycles. The van der Waals surface area contributed by atoms with E-state index in [9.17, 15) is 4.79 Å². The average Bonchev–Trinajstić information content (AvgIpc) is 3.06. The molecule has 2 nitrogen and oxygen atoms in total. The van der Waals surface area contributed by atoms with Crippen molar-refractivity contribution in [2.45, 2.75) is 13.5 Å². The number of thiocarbonyl (C=S) groups is 1. The highest BCUT2D eigenvalue weighted by atomic mass is 32.2. The Balaban J connectivity index is 1.79. The minimum atomic E-state index is -0.000949. The molecule has 5 heteroatoms. The fraction of sp³-hybridized carbons (Fsp3) is 0.125. The fourth-order valence-corrected chi connectivity index (χ4v) is 3.99. The highest BCUT2D eigenvalue weighted by Crippen LogP contribution is 2.34. The van der Waals surface area contributed by atoms with Crippen molar-refractivity contribution in [3.05, 3.63) is 62.7 Å². The van der Waals surface area contributed by atoms with Crippen LogP contribution in [0.3, 0.4) is 0 Å². The van der Waals surface area contributed by atoms with Crippen LogP contribution in [-0.4, -0.2) is 15.1 Å². The highest BCUT2D eigenvalue weighted by molar-refractivity contribution is 8.26. The lowest BCUT2D eigenvalue weighted by Gasteiger charge is -2.14. The summed E-state index contributed by atoms with van der Waals surface area (Å²) in [5.41, 5.74) is 2.30. The minimum absolute atomic E-state index is 0.000949. The van der Waals surface area contributed by atoms with E-state index >= 15 is 0 Å². The van der Waals surface area contributed by atoms with E-state index in [0.29, 0.717) is 15.8 Å². The SMILES string of the molecule is Cc1ccc(CN2C(=O)/C(=C/c3cccs3)SC2=S)cc1. The summed E-state index contributed by atoms with van der Waals surface area (Å²) in [5.74, 6) is -0.000949. The first kappa shape index (κ1) is 14.5. The zero-order valence-electron chi connectivity index (χ0n) is 11.4. The number of hydrogen-bond donors (Lipinski definition) is 0. The molecule has 1 saturated heterocycles. The normalized spacial score (nSPS) is 17.0. The molecule has 3 rings (SSSR count). The largest absolute Gasteiger partial charge is 0.288 e. The van der Waals surface area contributed by atoms with E-state index in [1.807, 2.05) is 42.6 Å². The van der Waals surface area contributed by atoms with Gasteiger partial charge in [0, 0.05) is 4.88 Å². The Morgan fingerprint density at radius 1 is 1.24 bits per heavy atom. The quantitative estimate of drug-likeness (QED) is 0.612. The smallest absolute Gasteiger partial charge is 0.266 e. The van der Waals surface area contributed by atoms with Gasteiger partial charge in [0.1, 0.15) is 4.32 Å². The summed E-state index contributed by atoms with van der Waals surface area (Å²) in [5, 5.41) is 2.00. The Bertz CT molecular complexity index is 702. The fourth-order valence-electron chi connectivity index (χ4n) is 2.01. The van der Waals surface area contributed by atoms with Crippen molar-refractivity contribution in [2.24, 2.45) is 0 Å². The van der Waals surface area contributed by atoms with Gasteiger partial charge in [-0.25, -0.2) is 0 Å². The lowest BCUT2D eigenvalue weighted by molar-refractivity contribution is -0.122. The molecule has 0 N–H and O–H groups in total. The number of hydrogen-bond acceptors (Lipinski definition) is 4. The van der Waals surface area contributed by atoms with Crippen molar-refractivity contribution in [2.75, 3.05) is 0 Å². The van der Waals surface area contributed by atoms with E-state index in [-0.39, 0.29) is 5.91 Å². The maximum Gasteiger partial charge on any atom is 0.266 e. The van der Waals surface area contributed by atoms with Gasteiger partial charge in [-0.1, -0.05) is 59.9 Å². The molecular formula is C16H13NOS3. The van der Waals surface area contributed by atoms with Gasteiger partial charge in [-0.15, -0.1) is 11.3 Å². The van der Waals surface area contributed by atoms with Gasteiger partial charge in [-0.05, 0) is 30.0 Å². The third-order valence-corrected chi connectivity index (χ3v) is 5.35. The maximum absolute atomic E-state index is 12.5. The summed E-state index contributed by atoms with van der Waals surface area (Å²) < 4.78 is 0.628. The molecule has 1 aliphatic rings. The van der Waals surface area contributed by atoms with Crippen LogP contribution in [0.5, 0.6) is 0 Å². The summed E-state index contributed by atoms with van der Waals surface area (Å²) in [4.78, 5) is 15.9. The molecule has 0 atom stereocenters. The lowest BCUT2D eigenvalue weighted by atomic mass is 10.1. The van der Waals surface area contributed by atoms with Crippen LogP contribution in [0, 0.1) is 6.92 Å². The standard InChI is InChI=1S/C16H13NOS3/c1-11-4-6-12(7-5-11)10-17-15(18)14(21-16(17)19)9-13-3-2-8-20-13/h2-9H,10H2,1H3/b14-9-. The van der Waals surface area contributed by atoms with Crippen LogP contribution in [0.1, 0.15) is 16.0 Å². The lowest BCUT2D eigenvalue weighted by Crippen LogP contribution is -2.27. The molecule has 1 amide bonds. The van der Waals surface area contributed by atoms with Crippen LogP contribution in [-0.2, 0) is 11.3 Å². The number of benzene rings is 1. The van der Waals surface area contributed by atoms with E-state index in [1.165, 1.54) is 17.3 Å². The van der Waals surface area contributed by atoms with Gasteiger partial charge >= 0.3 is 0 Å². The molecular weight excluding hydrogens is 318 g/mol. The topological polar surface area (TPSA) is 20.3 Å². The first-order chi connectivity index (χ1) is 10.1. The van der Waals surface area contributed by atoms with Crippen LogP contribution < -0.4 is 0 Å². The molecule has 0 radical (unpaired) electrons. The second kappa shape index (κ2) is 6.13. The molecule has 21 heavy (non-hydrogen) atoms. The van der Waals surface area contributed by atoms with Gasteiger partial charge in [-0.3, -0.25) is 9.69 Å². The molecule has 0 bridgehead atoms. The molecule has 1 aromatic heterocycles. The third kappa shape index (κ3) is 3.26. The van der Waals surface area contributed by atoms with Crippen molar-refractivity contribution < 1.29 is 4.79 Å². The number of carbonyl (C=O) groups excluding carboxylic acids is 1. The van der Waals surface area contributed by atoms with Gasteiger partial charge in [0.25, 0.3) is 5.91 Å². The maximum atomic E-state index is 12.5. The van der Waals surface area contributed by atoms with Crippen molar-refractivity contribution in [3.63, 3.8) is 0 Å². The van der Waals surface area contributed by atoms with Gasteiger partial charge in [0.2, 0.25) is 0 Å². The van der Waals surface area contributed by atoms with Crippen molar-refractivity contribution in [1.29, 1.82) is 0 Å². The molecule has 2 aromatic rings. The molecule has 106 valence electrons. The minimum Gasteiger partial charge on any atom is -0.288 e. The third-order valence-electron chi connectivity index (χ3n) is 3.15. The number of thiophene rings is 1. The molecule has 1 aliphatic heterocycles. The van der Waals surface area contributed by atoms with Crippen molar-refractivity contribution in [3.8, 4) is 0 Å². The second-order valence-electron chi connectivity index (χ2n) is 4.77. The monoisotopic (exact) mass is 331 g/mol. The predicted octanol–water partition coefficient (Wildman–Crippen LogP) is 4.46. The van der Waals surface area contributed by atoms with E-state index in [0.717, 1.165) is 10.4 Å². The molecule has 0 aliphatic carbocycles. The number of carbonyl (C=O) groups is 1. The van der Waals surface area contributed by atoms with Crippen LogP contribution in [0.4, 0.5) is 0 Å². The first-order valence-corrected chi connectivity index (χ1v) is 8.58. The van der Waals surface area contributed by atoms with Gasteiger partial charge in [-0.2, -0.15) is 0 Å². The van der Waals surface area contributed by atoms with Gasteiger partial charge in [0.05, 0.1) is 11.4 Å². The zero-order chi connectivity index (χ0) is 14.8. The second-order valence-corrected chi connectivity index (χ2v) is 7.42. The number of amides is 1. The zero-order valence-corrected chi connectivity index (χ0v) is 13.9. The number of aryl methyl sites for hydroxylation is 1. The van der Waals surface area contributed by atoms with Gasteiger partial charge < -0.3 is 0 Å². The number of rotatable bonds is 3. The molecule has 1 aromatic carbocycles. The molecule has 0 spiro atoms. The Morgan fingerprint density at radius 2 is 2.00 bits per heavy atom. The Hall–Kier alpha value is -1.43. The van der Waals surface area contributed by atoms with E-state index in [1.54, 1.807) is 16.2 Å². The van der Waals surface area contributed by atoms with E-state index in [4.69, 9.17) is 12.2 Å². The molecule has 1 fully saturated rings. The predicted molar refractivity (Wildman–Crippen MR) is 94.2 cm³/mol. The van der Waals surface area contributed by atoms with Crippen LogP contribution in [0.15, 0.2) is 46.7 Å². The Morgan fingerprint density at radius 3 is 2.67 bits per heavy atom. The summed E-state index contributed by atoms with van der Waals surface area (Å²) in [7, 11) is 0. The summed E-state index contributed by atoms with van der Waals surface area (Å²) >= 11 is 8.34. The average molecular weight is 331 g/mol.